The summed E-state index contributed by atoms with van der Waals surface area (Å²) in [5.74, 6) is 0.609. The highest BCUT2D eigenvalue weighted by molar-refractivity contribution is 4.97. The molecule has 84 valence electrons. The Labute approximate surface area is 89.9 Å². The lowest BCUT2D eigenvalue weighted by Gasteiger charge is -2.23. The summed E-state index contributed by atoms with van der Waals surface area (Å²) in [6.07, 6.45) is 4.36. The Hall–Kier alpha value is -1.03. The number of imidazole rings is 1. The van der Waals surface area contributed by atoms with Crippen molar-refractivity contribution in [2.75, 3.05) is 13.1 Å². The van der Waals surface area contributed by atoms with Crippen molar-refractivity contribution in [3.8, 4) is 0 Å². The van der Waals surface area contributed by atoms with Crippen LogP contribution in [0.5, 0.6) is 0 Å². The van der Waals surface area contributed by atoms with E-state index in [0.717, 1.165) is 25.3 Å². The summed E-state index contributed by atoms with van der Waals surface area (Å²) in [5, 5.41) is 3.38. The molecule has 1 fully saturated rings. The van der Waals surface area contributed by atoms with Crippen LogP contribution in [0.25, 0.3) is 0 Å². The van der Waals surface area contributed by atoms with E-state index in [1.54, 1.807) is 4.57 Å². The van der Waals surface area contributed by atoms with E-state index in [0.29, 0.717) is 5.92 Å². The molecule has 1 unspecified atom stereocenters. The van der Waals surface area contributed by atoms with E-state index >= 15 is 0 Å². The second-order valence-corrected chi connectivity index (χ2v) is 4.49. The van der Waals surface area contributed by atoms with Gasteiger partial charge in [0.15, 0.2) is 0 Å². The van der Waals surface area contributed by atoms with Gasteiger partial charge in [-0.2, -0.15) is 0 Å². The molecule has 1 aliphatic rings. The first-order chi connectivity index (χ1) is 7.18. The second kappa shape index (κ2) is 4.23. The van der Waals surface area contributed by atoms with Crippen molar-refractivity contribution in [1.29, 1.82) is 0 Å². The summed E-state index contributed by atoms with van der Waals surface area (Å²) < 4.78 is 3.54. The van der Waals surface area contributed by atoms with Crippen LogP contribution in [0.2, 0.25) is 0 Å². The molecule has 1 saturated heterocycles. The van der Waals surface area contributed by atoms with Crippen LogP contribution in [-0.4, -0.2) is 22.2 Å². The Kier molecular flexibility index (Phi) is 2.95. The van der Waals surface area contributed by atoms with Gasteiger partial charge in [0.05, 0.1) is 0 Å². The number of aromatic nitrogens is 2. The maximum absolute atomic E-state index is 11.8. The Morgan fingerprint density at radius 3 is 2.93 bits per heavy atom. The molecule has 1 N–H and O–H groups in total. The molecule has 1 aliphatic heterocycles. The summed E-state index contributed by atoms with van der Waals surface area (Å²) in [5.41, 5.74) is 1.17. The lowest BCUT2D eigenvalue weighted by molar-refractivity contribution is 0.331. The number of rotatable bonds is 2. The molecule has 2 heterocycles. The standard InChI is InChI=1S/C11H19N3O/c1-9-7-13(2)11(15)14(9)8-10-4-3-5-12-6-10/h7,10,12H,3-6,8H2,1-2H3. The molecule has 1 aromatic rings. The number of piperidine rings is 1. The van der Waals surface area contributed by atoms with Gasteiger partial charge in [-0.15, -0.1) is 0 Å². The molecule has 0 radical (unpaired) electrons. The maximum Gasteiger partial charge on any atom is 0.328 e. The third kappa shape index (κ3) is 2.15. The summed E-state index contributed by atoms with van der Waals surface area (Å²) in [4.78, 5) is 11.8. The summed E-state index contributed by atoms with van der Waals surface area (Å²) in [6.45, 7) is 5.02. The van der Waals surface area contributed by atoms with Crippen LogP contribution >= 0.6 is 0 Å². The largest absolute Gasteiger partial charge is 0.328 e. The molecule has 0 bridgehead atoms. The predicted octanol–water partition coefficient (Wildman–Crippen LogP) is 0.495. The van der Waals surface area contributed by atoms with Crippen molar-refractivity contribution >= 4 is 0 Å². The topological polar surface area (TPSA) is 39.0 Å². The highest BCUT2D eigenvalue weighted by atomic mass is 16.1. The zero-order valence-electron chi connectivity index (χ0n) is 9.49. The molecule has 0 spiro atoms. The molecule has 0 aromatic carbocycles. The van der Waals surface area contributed by atoms with Crippen LogP contribution in [0.1, 0.15) is 18.5 Å². The van der Waals surface area contributed by atoms with Gasteiger partial charge in [-0.05, 0) is 38.8 Å². The highest BCUT2D eigenvalue weighted by Crippen LogP contribution is 2.12. The number of hydrogen-bond donors (Lipinski definition) is 1. The van der Waals surface area contributed by atoms with Gasteiger partial charge >= 0.3 is 5.69 Å². The van der Waals surface area contributed by atoms with Gasteiger partial charge in [0, 0.05) is 25.5 Å². The monoisotopic (exact) mass is 209 g/mol. The van der Waals surface area contributed by atoms with Gasteiger partial charge < -0.3 is 9.88 Å². The zero-order chi connectivity index (χ0) is 10.8. The molecule has 1 atom stereocenters. The van der Waals surface area contributed by atoms with Crippen LogP contribution in [-0.2, 0) is 13.6 Å². The summed E-state index contributed by atoms with van der Waals surface area (Å²) in [7, 11) is 1.81. The normalized spacial score (nSPS) is 21.9. The molecular weight excluding hydrogens is 190 g/mol. The minimum Gasteiger partial charge on any atom is -0.316 e. The number of nitrogens with one attached hydrogen (secondary N) is 1. The Bertz CT molecular complexity index is 385. The molecule has 0 aliphatic carbocycles. The van der Waals surface area contributed by atoms with Gasteiger partial charge in [-0.3, -0.25) is 4.57 Å². The minimum atomic E-state index is 0.109. The lowest BCUT2D eigenvalue weighted by atomic mass is 10.00. The summed E-state index contributed by atoms with van der Waals surface area (Å²) in [6, 6.07) is 0. The van der Waals surface area contributed by atoms with E-state index in [4.69, 9.17) is 0 Å². The van der Waals surface area contributed by atoms with Gasteiger partial charge in [0.1, 0.15) is 0 Å². The first-order valence-electron chi connectivity index (χ1n) is 5.62. The zero-order valence-corrected chi connectivity index (χ0v) is 9.49. The van der Waals surface area contributed by atoms with Crippen molar-refractivity contribution in [1.82, 2.24) is 14.5 Å². The Morgan fingerprint density at radius 1 is 1.60 bits per heavy atom. The van der Waals surface area contributed by atoms with Gasteiger partial charge in [0.25, 0.3) is 0 Å². The molecule has 4 nitrogen and oxygen atoms in total. The summed E-state index contributed by atoms with van der Waals surface area (Å²) >= 11 is 0. The van der Waals surface area contributed by atoms with Crippen LogP contribution in [0.4, 0.5) is 0 Å². The lowest BCUT2D eigenvalue weighted by Crippen LogP contribution is -2.35. The SMILES string of the molecule is Cc1cn(C)c(=O)n1CC1CCCNC1. The van der Waals surface area contributed by atoms with E-state index in [1.807, 2.05) is 24.7 Å². The van der Waals surface area contributed by atoms with Crippen molar-refractivity contribution in [2.24, 2.45) is 13.0 Å². The second-order valence-electron chi connectivity index (χ2n) is 4.49. The first kappa shape index (κ1) is 10.5. The Balaban J connectivity index is 2.12. The van der Waals surface area contributed by atoms with Crippen molar-refractivity contribution < 1.29 is 0 Å². The fraction of sp³-hybridized carbons (Fsp3) is 0.727. The predicted molar refractivity (Wildman–Crippen MR) is 60.0 cm³/mol. The molecular formula is C11H19N3O. The van der Waals surface area contributed by atoms with Crippen LogP contribution in [0.15, 0.2) is 11.0 Å². The van der Waals surface area contributed by atoms with E-state index in [1.165, 1.54) is 12.8 Å². The van der Waals surface area contributed by atoms with Crippen molar-refractivity contribution in [3.63, 3.8) is 0 Å². The third-order valence-electron chi connectivity index (χ3n) is 3.18. The third-order valence-corrected chi connectivity index (χ3v) is 3.18. The average Bonchev–Trinajstić information content (AvgIpc) is 2.47. The van der Waals surface area contributed by atoms with E-state index in [9.17, 15) is 4.79 Å². The molecule has 1 aromatic heterocycles. The molecule has 0 amide bonds. The van der Waals surface area contributed by atoms with Gasteiger partial charge in [0.2, 0.25) is 0 Å². The molecule has 4 heteroatoms. The van der Waals surface area contributed by atoms with E-state index < -0.39 is 0 Å². The first-order valence-corrected chi connectivity index (χ1v) is 5.62. The van der Waals surface area contributed by atoms with E-state index in [2.05, 4.69) is 5.32 Å². The number of aryl methyl sites for hydroxylation is 2. The molecule has 2 rings (SSSR count). The van der Waals surface area contributed by atoms with Crippen LogP contribution in [0, 0.1) is 12.8 Å². The van der Waals surface area contributed by atoms with Gasteiger partial charge in [-0.25, -0.2) is 4.79 Å². The van der Waals surface area contributed by atoms with E-state index in [-0.39, 0.29) is 5.69 Å². The Morgan fingerprint density at radius 2 is 2.40 bits per heavy atom. The minimum absolute atomic E-state index is 0.109. The quantitative estimate of drug-likeness (QED) is 0.770. The fourth-order valence-corrected chi connectivity index (χ4v) is 2.31. The fourth-order valence-electron chi connectivity index (χ4n) is 2.31. The average molecular weight is 209 g/mol. The number of hydrogen-bond acceptors (Lipinski definition) is 2. The van der Waals surface area contributed by atoms with Gasteiger partial charge in [-0.1, -0.05) is 0 Å². The van der Waals surface area contributed by atoms with Crippen molar-refractivity contribution in [2.45, 2.75) is 26.3 Å². The van der Waals surface area contributed by atoms with Crippen molar-refractivity contribution in [3.05, 3.63) is 22.4 Å². The molecule has 0 saturated carbocycles. The van der Waals surface area contributed by atoms with Crippen LogP contribution in [0.3, 0.4) is 0 Å². The number of nitrogens with zero attached hydrogens (tertiary/aromatic N) is 2. The smallest absolute Gasteiger partial charge is 0.316 e. The highest BCUT2D eigenvalue weighted by Gasteiger charge is 2.15. The van der Waals surface area contributed by atoms with Crippen LogP contribution < -0.4 is 11.0 Å². The molecule has 15 heavy (non-hydrogen) atoms. The maximum atomic E-state index is 11.8.